The van der Waals surface area contributed by atoms with E-state index in [0.29, 0.717) is 0 Å². The minimum atomic E-state index is -0.154. The van der Waals surface area contributed by atoms with Gasteiger partial charge < -0.3 is 5.11 Å². The van der Waals surface area contributed by atoms with Gasteiger partial charge in [0.05, 0.1) is 6.10 Å². The molecule has 0 aromatic rings. The zero-order chi connectivity index (χ0) is 8.28. The molecule has 1 nitrogen and oxygen atoms in total. The van der Waals surface area contributed by atoms with Crippen LogP contribution in [0, 0.1) is 10.8 Å². The zero-order valence-electron chi connectivity index (χ0n) is 7.52. The summed E-state index contributed by atoms with van der Waals surface area (Å²) >= 11 is 0. The summed E-state index contributed by atoms with van der Waals surface area (Å²) in [7, 11) is 0. The summed E-state index contributed by atoms with van der Waals surface area (Å²) in [5.41, 5.74) is 1.61. The molecule has 1 heteroatoms. The van der Waals surface area contributed by atoms with Crippen molar-refractivity contribution in [2.24, 2.45) is 10.8 Å². The van der Waals surface area contributed by atoms with Crippen LogP contribution < -0.4 is 0 Å². The Hall–Kier alpha value is -0.300. The molecule has 2 aliphatic rings. The van der Waals surface area contributed by atoms with Crippen molar-refractivity contribution < 1.29 is 5.11 Å². The average molecular weight is 152 g/mol. The lowest BCUT2D eigenvalue weighted by molar-refractivity contribution is -0.00821. The minimum Gasteiger partial charge on any atom is -0.391 e. The highest BCUT2D eigenvalue weighted by atomic mass is 16.3. The standard InChI is InChI=1S/C10H16O/c1-9(2)7-4-5-10(3,6-7)8(9)11/h6,8,11H,4-5H2,1-3H3. The molecule has 0 aliphatic heterocycles. The summed E-state index contributed by atoms with van der Waals surface area (Å²) in [5, 5.41) is 9.95. The van der Waals surface area contributed by atoms with Gasteiger partial charge in [-0.1, -0.05) is 32.4 Å². The summed E-state index contributed by atoms with van der Waals surface area (Å²) < 4.78 is 0. The summed E-state index contributed by atoms with van der Waals surface area (Å²) in [6.45, 7) is 6.46. The summed E-state index contributed by atoms with van der Waals surface area (Å²) in [6, 6.07) is 0. The maximum Gasteiger partial charge on any atom is 0.0716 e. The van der Waals surface area contributed by atoms with E-state index >= 15 is 0 Å². The van der Waals surface area contributed by atoms with Crippen LogP contribution >= 0.6 is 0 Å². The number of hydrogen-bond acceptors (Lipinski definition) is 1. The third-order valence-electron chi connectivity index (χ3n) is 3.57. The highest BCUT2D eigenvalue weighted by Gasteiger charge is 2.52. The largest absolute Gasteiger partial charge is 0.391 e. The van der Waals surface area contributed by atoms with E-state index < -0.39 is 0 Å². The maximum absolute atomic E-state index is 9.95. The summed E-state index contributed by atoms with van der Waals surface area (Å²) in [5.74, 6) is 0. The predicted octanol–water partition coefficient (Wildman–Crippen LogP) is 2.11. The molecule has 0 heterocycles. The zero-order valence-corrected chi connectivity index (χ0v) is 7.52. The van der Waals surface area contributed by atoms with Gasteiger partial charge in [0.2, 0.25) is 0 Å². The third-order valence-corrected chi connectivity index (χ3v) is 3.57. The van der Waals surface area contributed by atoms with Crippen LogP contribution in [0.2, 0.25) is 0 Å². The first-order valence-electron chi connectivity index (χ1n) is 4.37. The Kier molecular flexibility index (Phi) is 1.15. The van der Waals surface area contributed by atoms with E-state index in [1.165, 1.54) is 12.0 Å². The average Bonchev–Trinajstić information content (AvgIpc) is 2.36. The first kappa shape index (κ1) is 7.35. The molecule has 2 rings (SSSR count). The number of fused-ring (bicyclic) bond motifs is 1. The van der Waals surface area contributed by atoms with E-state index in [2.05, 4.69) is 26.8 Å². The van der Waals surface area contributed by atoms with Gasteiger partial charge >= 0.3 is 0 Å². The summed E-state index contributed by atoms with van der Waals surface area (Å²) in [4.78, 5) is 0. The first-order chi connectivity index (χ1) is 4.97. The lowest BCUT2D eigenvalue weighted by Crippen LogP contribution is -2.40. The van der Waals surface area contributed by atoms with Crippen LogP contribution in [0.15, 0.2) is 11.6 Å². The Balaban J connectivity index is 2.42. The van der Waals surface area contributed by atoms with E-state index in [1.54, 1.807) is 0 Å². The molecule has 0 aromatic heterocycles. The second-order valence-electron chi connectivity index (χ2n) is 4.80. The van der Waals surface area contributed by atoms with Crippen LogP contribution in [-0.2, 0) is 0 Å². The Bertz CT molecular complexity index is 222. The number of hydrogen-bond donors (Lipinski definition) is 1. The molecular formula is C10H16O. The van der Waals surface area contributed by atoms with Crippen LogP contribution in [0.3, 0.4) is 0 Å². The number of aliphatic hydroxyl groups is 1. The SMILES string of the molecule is CC12C=C(CC1)C(C)(C)C2O. The lowest BCUT2D eigenvalue weighted by atomic mass is 9.69. The van der Waals surface area contributed by atoms with Gasteiger partial charge in [-0.2, -0.15) is 0 Å². The van der Waals surface area contributed by atoms with E-state index in [9.17, 15) is 5.11 Å². The monoisotopic (exact) mass is 152 g/mol. The van der Waals surface area contributed by atoms with Crippen LogP contribution in [0.1, 0.15) is 33.6 Å². The number of aliphatic hydroxyl groups excluding tert-OH is 1. The van der Waals surface area contributed by atoms with Gasteiger partial charge in [0.15, 0.2) is 0 Å². The number of rotatable bonds is 0. The fraction of sp³-hybridized carbons (Fsp3) is 0.800. The van der Waals surface area contributed by atoms with Gasteiger partial charge in [-0.05, 0) is 12.8 Å². The topological polar surface area (TPSA) is 20.2 Å². The molecule has 0 fully saturated rings. The second kappa shape index (κ2) is 1.71. The molecule has 0 amide bonds. The van der Waals surface area contributed by atoms with Crippen LogP contribution in [0.4, 0.5) is 0 Å². The summed E-state index contributed by atoms with van der Waals surface area (Å²) in [6.07, 6.45) is 4.48. The molecule has 2 bridgehead atoms. The highest BCUT2D eigenvalue weighted by Crippen LogP contribution is 2.57. The van der Waals surface area contributed by atoms with Gasteiger partial charge in [0, 0.05) is 10.8 Å². The molecule has 2 aliphatic carbocycles. The van der Waals surface area contributed by atoms with Crippen molar-refractivity contribution in [2.45, 2.75) is 39.7 Å². The minimum absolute atomic E-state index is 0.0486. The van der Waals surface area contributed by atoms with Crippen molar-refractivity contribution in [2.75, 3.05) is 0 Å². The van der Waals surface area contributed by atoms with E-state index in [-0.39, 0.29) is 16.9 Å². The van der Waals surface area contributed by atoms with Crippen LogP contribution in [-0.4, -0.2) is 11.2 Å². The maximum atomic E-state index is 9.95. The van der Waals surface area contributed by atoms with Crippen molar-refractivity contribution >= 4 is 0 Å². The lowest BCUT2D eigenvalue weighted by Gasteiger charge is -2.39. The van der Waals surface area contributed by atoms with Gasteiger partial charge in [-0.25, -0.2) is 0 Å². The molecule has 0 radical (unpaired) electrons. The molecule has 0 saturated carbocycles. The fourth-order valence-electron chi connectivity index (χ4n) is 2.67. The van der Waals surface area contributed by atoms with Crippen molar-refractivity contribution in [1.82, 2.24) is 0 Å². The third kappa shape index (κ3) is 0.698. The van der Waals surface area contributed by atoms with Crippen molar-refractivity contribution in [3.8, 4) is 0 Å². The van der Waals surface area contributed by atoms with E-state index in [0.717, 1.165) is 6.42 Å². The van der Waals surface area contributed by atoms with Gasteiger partial charge in [-0.3, -0.25) is 0 Å². The molecule has 0 saturated heterocycles. The quantitative estimate of drug-likeness (QED) is 0.527. The molecular weight excluding hydrogens is 136 g/mol. The molecule has 2 atom stereocenters. The smallest absolute Gasteiger partial charge is 0.0716 e. The first-order valence-corrected chi connectivity index (χ1v) is 4.37. The molecule has 11 heavy (non-hydrogen) atoms. The fourth-order valence-corrected chi connectivity index (χ4v) is 2.67. The van der Waals surface area contributed by atoms with Crippen molar-refractivity contribution in [1.29, 1.82) is 0 Å². The second-order valence-corrected chi connectivity index (χ2v) is 4.80. The normalized spacial score (nSPS) is 46.2. The molecule has 2 unspecified atom stereocenters. The Labute approximate surface area is 68.1 Å². The van der Waals surface area contributed by atoms with Crippen LogP contribution in [0.5, 0.6) is 0 Å². The molecule has 1 N–H and O–H groups in total. The Morgan fingerprint density at radius 2 is 2.09 bits per heavy atom. The van der Waals surface area contributed by atoms with Crippen molar-refractivity contribution in [3.63, 3.8) is 0 Å². The van der Waals surface area contributed by atoms with Gasteiger partial charge in [0.25, 0.3) is 0 Å². The van der Waals surface area contributed by atoms with E-state index in [1.807, 2.05) is 0 Å². The van der Waals surface area contributed by atoms with Crippen LogP contribution in [0.25, 0.3) is 0 Å². The predicted molar refractivity (Wildman–Crippen MR) is 45.2 cm³/mol. The highest BCUT2D eigenvalue weighted by molar-refractivity contribution is 5.33. The molecule has 62 valence electrons. The van der Waals surface area contributed by atoms with Gasteiger partial charge in [0.1, 0.15) is 0 Å². The Morgan fingerprint density at radius 1 is 1.45 bits per heavy atom. The molecule has 0 aromatic carbocycles. The Morgan fingerprint density at radius 3 is 2.36 bits per heavy atom. The molecule has 0 spiro atoms. The van der Waals surface area contributed by atoms with Crippen molar-refractivity contribution in [3.05, 3.63) is 11.6 Å². The van der Waals surface area contributed by atoms with E-state index in [4.69, 9.17) is 0 Å². The van der Waals surface area contributed by atoms with Gasteiger partial charge in [-0.15, -0.1) is 0 Å².